The average molecular weight is 253 g/mol. The summed E-state index contributed by atoms with van der Waals surface area (Å²) in [5.74, 6) is -0.0533. The van der Waals surface area contributed by atoms with Gasteiger partial charge in [0.25, 0.3) is 0 Å². The standard InChI is InChI=1S/C13H19NO2S/c1-2-16-13(15)12-5-3-4-7-14(12)9-11-6-8-17-10-11/h6,8,10,12H,2-5,7,9H2,1H3. The van der Waals surface area contributed by atoms with E-state index in [9.17, 15) is 4.79 Å². The van der Waals surface area contributed by atoms with Crippen LogP contribution in [0.2, 0.25) is 0 Å². The molecule has 3 nitrogen and oxygen atoms in total. The summed E-state index contributed by atoms with van der Waals surface area (Å²) in [5.41, 5.74) is 1.30. The fraction of sp³-hybridized carbons (Fsp3) is 0.615. The molecule has 1 aromatic heterocycles. The minimum Gasteiger partial charge on any atom is -0.465 e. The van der Waals surface area contributed by atoms with Gasteiger partial charge < -0.3 is 4.74 Å². The fourth-order valence-corrected chi connectivity index (χ4v) is 2.96. The molecular weight excluding hydrogens is 234 g/mol. The number of ether oxygens (including phenoxy) is 1. The van der Waals surface area contributed by atoms with Gasteiger partial charge in [-0.25, -0.2) is 0 Å². The molecule has 0 saturated carbocycles. The lowest BCUT2D eigenvalue weighted by atomic mass is 10.0. The third-order valence-electron chi connectivity index (χ3n) is 3.14. The normalized spacial score (nSPS) is 21.4. The number of likely N-dealkylation sites (tertiary alicyclic amines) is 1. The van der Waals surface area contributed by atoms with Crippen LogP contribution in [0.3, 0.4) is 0 Å². The minimum atomic E-state index is -0.0533. The van der Waals surface area contributed by atoms with Crippen molar-refractivity contribution in [1.82, 2.24) is 4.90 Å². The molecule has 0 aromatic carbocycles. The van der Waals surface area contributed by atoms with Crippen LogP contribution in [0.25, 0.3) is 0 Å². The number of piperidine rings is 1. The maximum absolute atomic E-state index is 11.9. The second-order valence-electron chi connectivity index (χ2n) is 4.37. The van der Waals surface area contributed by atoms with Gasteiger partial charge in [-0.3, -0.25) is 9.69 Å². The summed E-state index contributed by atoms with van der Waals surface area (Å²) >= 11 is 1.71. The number of rotatable bonds is 4. The van der Waals surface area contributed by atoms with Crippen molar-refractivity contribution >= 4 is 17.3 Å². The summed E-state index contributed by atoms with van der Waals surface area (Å²) in [7, 11) is 0. The Labute approximate surface area is 106 Å². The highest BCUT2D eigenvalue weighted by atomic mass is 32.1. The van der Waals surface area contributed by atoms with Crippen molar-refractivity contribution in [3.8, 4) is 0 Å². The molecule has 4 heteroatoms. The van der Waals surface area contributed by atoms with E-state index in [2.05, 4.69) is 21.7 Å². The number of carbonyl (C=O) groups is 1. The number of carbonyl (C=O) groups excluding carboxylic acids is 1. The van der Waals surface area contributed by atoms with Gasteiger partial charge in [0.15, 0.2) is 0 Å². The lowest BCUT2D eigenvalue weighted by Crippen LogP contribution is -2.44. The summed E-state index contributed by atoms with van der Waals surface area (Å²) in [5, 5.41) is 4.23. The van der Waals surface area contributed by atoms with Gasteiger partial charge in [-0.15, -0.1) is 0 Å². The highest BCUT2D eigenvalue weighted by molar-refractivity contribution is 7.07. The van der Waals surface area contributed by atoms with Gasteiger partial charge in [-0.1, -0.05) is 6.42 Å². The van der Waals surface area contributed by atoms with E-state index >= 15 is 0 Å². The molecule has 1 aliphatic rings. The van der Waals surface area contributed by atoms with Crippen molar-refractivity contribution in [2.75, 3.05) is 13.2 Å². The van der Waals surface area contributed by atoms with Crippen LogP contribution in [-0.2, 0) is 16.1 Å². The molecule has 17 heavy (non-hydrogen) atoms. The fourth-order valence-electron chi connectivity index (χ4n) is 2.30. The molecular formula is C13H19NO2S. The molecule has 0 amide bonds. The summed E-state index contributed by atoms with van der Waals surface area (Å²) < 4.78 is 5.15. The maximum atomic E-state index is 11.9. The Bertz CT molecular complexity index is 350. The Morgan fingerprint density at radius 3 is 3.18 bits per heavy atom. The van der Waals surface area contributed by atoms with Crippen molar-refractivity contribution in [2.24, 2.45) is 0 Å². The topological polar surface area (TPSA) is 29.5 Å². The summed E-state index contributed by atoms with van der Waals surface area (Å²) in [6, 6.07) is 2.09. The van der Waals surface area contributed by atoms with Gasteiger partial charge in [0.05, 0.1) is 6.61 Å². The van der Waals surface area contributed by atoms with Crippen LogP contribution >= 0.6 is 11.3 Å². The molecule has 1 aliphatic heterocycles. The van der Waals surface area contributed by atoms with Crippen LogP contribution in [0.1, 0.15) is 31.7 Å². The predicted molar refractivity (Wildman–Crippen MR) is 69.0 cm³/mol. The first kappa shape index (κ1) is 12.6. The summed E-state index contributed by atoms with van der Waals surface area (Å²) in [4.78, 5) is 14.1. The van der Waals surface area contributed by atoms with E-state index in [-0.39, 0.29) is 12.0 Å². The van der Waals surface area contributed by atoms with Gasteiger partial charge in [0, 0.05) is 6.54 Å². The van der Waals surface area contributed by atoms with Gasteiger partial charge in [0.1, 0.15) is 6.04 Å². The van der Waals surface area contributed by atoms with E-state index in [4.69, 9.17) is 4.74 Å². The molecule has 0 radical (unpaired) electrons. The quantitative estimate of drug-likeness (QED) is 0.773. The van der Waals surface area contributed by atoms with Crippen molar-refractivity contribution in [3.63, 3.8) is 0 Å². The van der Waals surface area contributed by atoms with Crippen molar-refractivity contribution < 1.29 is 9.53 Å². The monoisotopic (exact) mass is 253 g/mol. The Morgan fingerprint density at radius 1 is 1.59 bits per heavy atom. The first-order valence-corrected chi connectivity index (χ1v) is 7.17. The van der Waals surface area contributed by atoms with Gasteiger partial charge >= 0.3 is 5.97 Å². The lowest BCUT2D eigenvalue weighted by Gasteiger charge is -2.33. The molecule has 0 spiro atoms. The van der Waals surface area contributed by atoms with E-state index in [1.807, 2.05) is 6.92 Å². The second kappa shape index (κ2) is 6.17. The average Bonchev–Trinajstić information content (AvgIpc) is 2.83. The third kappa shape index (κ3) is 3.30. The number of thiophene rings is 1. The zero-order chi connectivity index (χ0) is 12.1. The molecule has 1 fully saturated rings. The zero-order valence-corrected chi connectivity index (χ0v) is 11.0. The van der Waals surface area contributed by atoms with E-state index in [1.54, 1.807) is 11.3 Å². The smallest absolute Gasteiger partial charge is 0.323 e. The van der Waals surface area contributed by atoms with Crippen LogP contribution in [0.4, 0.5) is 0 Å². The Balaban J connectivity index is 1.99. The van der Waals surface area contributed by atoms with Gasteiger partial charge in [-0.05, 0) is 48.7 Å². The number of esters is 1. The van der Waals surface area contributed by atoms with Crippen molar-refractivity contribution in [2.45, 2.75) is 38.8 Å². The van der Waals surface area contributed by atoms with Crippen LogP contribution in [0.5, 0.6) is 0 Å². The van der Waals surface area contributed by atoms with Crippen LogP contribution in [-0.4, -0.2) is 30.1 Å². The molecule has 94 valence electrons. The Morgan fingerprint density at radius 2 is 2.47 bits per heavy atom. The lowest BCUT2D eigenvalue weighted by molar-refractivity contribution is -0.151. The first-order valence-electron chi connectivity index (χ1n) is 6.23. The van der Waals surface area contributed by atoms with Gasteiger partial charge in [0.2, 0.25) is 0 Å². The van der Waals surface area contributed by atoms with Crippen molar-refractivity contribution in [3.05, 3.63) is 22.4 Å². The van der Waals surface area contributed by atoms with E-state index in [1.165, 1.54) is 12.0 Å². The second-order valence-corrected chi connectivity index (χ2v) is 5.15. The van der Waals surface area contributed by atoms with Crippen LogP contribution < -0.4 is 0 Å². The molecule has 0 aliphatic carbocycles. The highest BCUT2D eigenvalue weighted by Crippen LogP contribution is 2.21. The Kier molecular flexibility index (Phi) is 4.57. The summed E-state index contributed by atoms with van der Waals surface area (Å²) in [6.45, 7) is 4.21. The third-order valence-corrected chi connectivity index (χ3v) is 3.87. The zero-order valence-electron chi connectivity index (χ0n) is 10.2. The number of hydrogen-bond donors (Lipinski definition) is 0. The predicted octanol–water partition coefficient (Wildman–Crippen LogP) is 2.67. The summed E-state index contributed by atoms with van der Waals surface area (Å²) in [6.07, 6.45) is 3.24. The molecule has 1 unspecified atom stereocenters. The molecule has 1 atom stereocenters. The van der Waals surface area contributed by atoms with E-state index in [0.29, 0.717) is 6.61 Å². The molecule has 2 rings (SSSR count). The number of nitrogens with zero attached hydrogens (tertiary/aromatic N) is 1. The van der Waals surface area contributed by atoms with Crippen LogP contribution in [0, 0.1) is 0 Å². The maximum Gasteiger partial charge on any atom is 0.323 e. The molecule has 0 N–H and O–H groups in total. The van der Waals surface area contributed by atoms with E-state index in [0.717, 1.165) is 25.9 Å². The molecule has 1 saturated heterocycles. The van der Waals surface area contributed by atoms with E-state index < -0.39 is 0 Å². The largest absolute Gasteiger partial charge is 0.465 e. The Hall–Kier alpha value is -0.870. The highest BCUT2D eigenvalue weighted by Gasteiger charge is 2.29. The minimum absolute atomic E-state index is 0.0383. The van der Waals surface area contributed by atoms with Crippen LogP contribution in [0.15, 0.2) is 16.8 Å². The van der Waals surface area contributed by atoms with Gasteiger partial charge in [-0.2, -0.15) is 11.3 Å². The SMILES string of the molecule is CCOC(=O)C1CCCCN1Cc1ccsc1. The first-order chi connectivity index (χ1) is 8.31. The van der Waals surface area contributed by atoms with Crippen molar-refractivity contribution in [1.29, 1.82) is 0 Å². The molecule has 1 aromatic rings. The molecule has 0 bridgehead atoms. The molecule has 2 heterocycles. The number of hydrogen-bond acceptors (Lipinski definition) is 4.